The molecule has 0 aliphatic carbocycles. The van der Waals surface area contributed by atoms with E-state index in [2.05, 4.69) is 10.5 Å². The van der Waals surface area contributed by atoms with Crippen LogP contribution in [0.2, 0.25) is 10.0 Å². The molecule has 3 aromatic rings. The summed E-state index contributed by atoms with van der Waals surface area (Å²) in [4.78, 5) is 12.8. The van der Waals surface area contributed by atoms with Crippen LogP contribution in [0.1, 0.15) is 23.6 Å². The molecule has 0 atom stereocenters. The molecule has 0 spiro atoms. The van der Waals surface area contributed by atoms with Crippen LogP contribution in [0.15, 0.2) is 70.7 Å². The van der Waals surface area contributed by atoms with Crippen LogP contribution < -0.4 is 14.9 Å². The molecule has 0 bridgehead atoms. The van der Waals surface area contributed by atoms with E-state index < -0.39 is 22.5 Å². The molecule has 0 saturated heterocycles. The summed E-state index contributed by atoms with van der Waals surface area (Å²) in [6.45, 7) is 3.49. The van der Waals surface area contributed by atoms with E-state index in [4.69, 9.17) is 32.7 Å². The minimum Gasteiger partial charge on any atom is -0.493 e. The normalized spacial score (nSPS) is 11.6. The number of ether oxygens (including phenoxy) is 2. The molecule has 0 aromatic heterocycles. The SMILES string of the molecule is CCOc1ccc(/C=N\NC(=O)CN(Cc2c(Cl)cccc2Cl)S(=O)(=O)c2ccc(C)cc2)cc1OC. The lowest BCUT2D eigenvalue weighted by molar-refractivity contribution is -0.121. The number of hydrazone groups is 1. The number of benzene rings is 3. The summed E-state index contributed by atoms with van der Waals surface area (Å²) in [5, 5.41) is 4.54. The van der Waals surface area contributed by atoms with Crippen LogP contribution in [0.5, 0.6) is 11.5 Å². The molecular formula is C26H27Cl2N3O5S. The molecule has 0 aliphatic heterocycles. The van der Waals surface area contributed by atoms with Crippen molar-refractivity contribution in [1.29, 1.82) is 0 Å². The summed E-state index contributed by atoms with van der Waals surface area (Å²) in [6, 6.07) is 16.4. The number of hydrogen-bond acceptors (Lipinski definition) is 6. The summed E-state index contributed by atoms with van der Waals surface area (Å²) in [5.74, 6) is 0.457. The zero-order chi connectivity index (χ0) is 27.0. The first-order chi connectivity index (χ1) is 17.6. The molecular weight excluding hydrogens is 537 g/mol. The van der Waals surface area contributed by atoms with E-state index in [-0.39, 0.29) is 11.4 Å². The number of amides is 1. The molecule has 1 N–H and O–H groups in total. The minimum absolute atomic E-state index is 0.0408. The highest BCUT2D eigenvalue weighted by atomic mass is 35.5. The van der Waals surface area contributed by atoms with E-state index in [1.165, 1.54) is 25.5 Å². The van der Waals surface area contributed by atoms with Crippen LogP contribution in [0, 0.1) is 6.92 Å². The summed E-state index contributed by atoms with van der Waals surface area (Å²) in [5.41, 5.74) is 4.31. The van der Waals surface area contributed by atoms with Gasteiger partial charge in [-0.3, -0.25) is 4.79 Å². The van der Waals surface area contributed by atoms with Crippen LogP contribution in [0.25, 0.3) is 0 Å². The van der Waals surface area contributed by atoms with Crippen molar-refractivity contribution < 1.29 is 22.7 Å². The Labute approximate surface area is 226 Å². The average Bonchev–Trinajstić information content (AvgIpc) is 2.86. The van der Waals surface area contributed by atoms with Crippen molar-refractivity contribution in [3.05, 3.63) is 87.4 Å². The first-order valence-electron chi connectivity index (χ1n) is 11.3. The summed E-state index contributed by atoms with van der Waals surface area (Å²) in [7, 11) is -2.55. The summed E-state index contributed by atoms with van der Waals surface area (Å²) in [6.07, 6.45) is 1.42. The number of halogens is 2. The van der Waals surface area contributed by atoms with Gasteiger partial charge in [-0.15, -0.1) is 0 Å². The van der Waals surface area contributed by atoms with Crippen molar-refractivity contribution in [1.82, 2.24) is 9.73 Å². The van der Waals surface area contributed by atoms with E-state index in [1.807, 2.05) is 13.8 Å². The standard InChI is InChI=1S/C26H27Cl2N3O5S/c1-4-36-24-13-10-19(14-25(24)35-3)15-29-30-26(32)17-31(16-21-22(27)6-5-7-23(21)28)37(33,34)20-11-8-18(2)9-12-20/h5-15H,4,16-17H2,1-3H3,(H,30,32)/b29-15-. The molecule has 0 radical (unpaired) electrons. The van der Waals surface area contributed by atoms with E-state index in [0.717, 1.165) is 9.87 Å². The number of nitrogens with one attached hydrogen (secondary N) is 1. The maximum atomic E-state index is 13.5. The van der Waals surface area contributed by atoms with Crippen LogP contribution >= 0.6 is 23.2 Å². The van der Waals surface area contributed by atoms with Gasteiger partial charge in [0.1, 0.15) is 0 Å². The maximum Gasteiger partial charge on any atom is 0.255 e. The molecule has 0 unspecified atom stereocenters. The molecule has 8 nitrogen and oxygen atoms in total. The monoisotopic (exact) mass is 563 g/mol. The molecule has 37 heavy (non-hydrogen) atoms. The second-order valence-corrected chi connectivity index (χ2v) is 10.7. The Morgan fingerprint density at radius 2 is 1.73 bits per heavy atom. The fourth-order valence-electron chi connectivity index (χ4n) is 3.36. The Hall–Kier alpha value is -3.11. The van der Waals surface area contributed by atoms with Crippen LogP contribution in [0.3, 0.4) is 0 Å². The molecule has 0 heterocycles. The van der Waals surface area contributed by atoms with Crippen molar-refractivity contribution in [2.24, 2.45) is 5.10 Å². The molecule has 0 aliphatic rings. The highest BCUT2D eigenvalue weighted by Crippen LogP contribution is 2.29. The van der Waals surface area contributed by atoms with Crippen molar-refractivity contribution >= 4 is 45.3 Å². The Morgan fingerprint density at radius 1 is 1.05 bits per heavy atom. The van der Waals surface area contributed by atoms with Gasteiger partial charge in [0.2, 0.25) is 10.0 Å². The summed E-state index contributed by atoms with van der Waals surface area (Å²) < 4.78 is 38.7. The number of hydrogen-bond donors (Lipinski definition) is 1. The number of nitrogens with zero attached hydrogens (tertiary/aromatic N) is 2. The number of carbonyl (C=O) groups is 1. The van der Waals surface area contributed by atoms with Gasteiger partial charge in [0.15, 0.2) is 11.5 Å². The minimum atomic E-state index is -4.07. The molecule has 0 fully saturated rings. The van der Waals surface area contributed by atoms with Crippen molar-refractivity contribution in [3.8, 4) is 11.5 Å². The van der Waals surface area contributed by atoms with Gasteiger partial charge in [-0.25, -0.2) is 13.8 Å². The number of sulfonamides is 1. The predicted octanol–water partition coefficient (Wildman–Crippen LogP) is 5.05. The Balaban J connectivity index is 1.81. The highest BCUT2D eigenvalue weighted by Gasteiger charge is 2.28. The fraction of sp³-hybridized carbons (Fsp3) is 0.231. The van der Waals surface area contributed by atoms with Gasteiger partial charge in [-0.05, 0) is 61.9 Å². The third kappa shape index (κ3) is 7.45. The maximum absolute atomic E-state index is 13.5. The molecule has 0 saturated carbocycles. The number of carbonyl (C=O) groups excluding carboxylic acids is 1. The van der Waals surface area contributed by atoms with Gasteiger partial charge in [-0.1, -0.05) is 47.0 Å². The predicted molar refractivity (Wildman–Crippen MR) is 145 cm³/mol. The van der Waals surface area contributed by atoms with E-state index in [0.29, 0.717) is 39.3 Å². The Morgan fingerprint density at radius 3 is 2.35 bits per heavy atom. The van der Waals surface area contributed by atoms with Gasteiger partial charge >= 0.3 is 0 Å². The molecule has 3 rings (SSSR count). The smallest absolute Gasteiger partial charge is 0.255 e. The van der Waals surface area contributed by atoms with Crippen LogP contribution in [-0.2, 0) is 21.4 Å². The third-order valence-electron chi connectivity index (χ3n) is 5.27. The average molecular weight is 564 g/mol. The number of rotatable bonds is 11. The lowest BCUT2D eigenvalue weighted by atomic mass is 10.2. The Kier molecular flexibility index (Phi) is 9.93. The zero-order valence-corrected chi connectivity index (χ0v) is 22.9. The second kappa shape index (κ2) is 12.9. The summed E-state index contributed by atoms with van der Waals surface area (Å²) >= 11 is 12.6. The van der Waals surface area contributed by atoms with Gasteiger partial charge in [-0.2, -0.15) is 9.41 Å². The second-order valence-electron chi connectivity index (χ2n) is 7.92. The van der Waals surface area contributed by atoms with E-state index >= 15 is 0 Å². The van der Waals surface area contributed by atoms with E-state index in [1.54, 1.807) is 48.5 Å². The van der Waals surface area contributed by atoms with E-state index in [9.17, 15) is 13.2 Å². The quantitative estimate of drug-likeness (QED) is 0.260. The third-order valence-corrected chi connectivity index (χ3v) is 7.78. The first kappa shape index (κ1) is 28.5. The molecule has 1 amide bonds. The zero-order valence-electron chi connectivity index (χ0n) is 20.6. The van der Waals surface area contributed by atoms with Crippen molar-refractivity contribution in [3.63, 3.8) is 0 Å². The molecule has 11 heteroatoms. The largest absolute Gasteiger partial charge is 0.493 e. The Bertz CT molecular complexity index is 1360. The number of methoxy groups -OCH3 is 1. The topological polar surface area (TPSA) is 97.3 Å². The van der Waals surface area contributed by atoms with Crippen LogP contribution in [0.4, 0.5) is 0 Å². The first-order valence-corrected chi connectivity index (χ1v) is 13.5. The lowest BCUT2D eigenvalue weighted by Gasteiger charge is -2.22. The van der Waals surface area contributed by atoms with Gasteiger partial charge in [0, 0.05) is 22.2 Å². The molecule has 3 aromatic carbocycles. The number of aryl methyl sites for hydroxylation is 1. The van der Waals surface area contributed by atoms with Gasteiger partial charge < -0.3 is 9.47 Å². The molecule has 196 valence electrons. The van der Waals surface area contributed by atoms with Crippen molar-refractivity contribution in [2.75, 3.05) is 20.3 Å². The van der Waals surface area contributed by atoms with Crippen molar-refractivity contribution in [2.45, 2.75) is 25.3 Å². The van der Waals surface area contributed by atoms with Crippen LogP contribution in [-0.4, -0.2) is 45.1 Å². The highest BCUT2D eigenvalue weighted by molar-refractivity contribution is 7.89. The van der Waals surface area contributed by atoms with Gasteiger partial charge in [0.25, 0.3) is 5.91 Å². The lowest BCUT2D eigenvalue weighted by Crippen LogP contribution is -2.39. The van der Waals surface area contributed by atoms with Gasteiger partial charge in [0.05, 0.1) is 31.4 Å². The fourth-order valence-corrected chi connectivity index (χ4v) is 5.24.